The molecule has 0 heterocycles. The van der Waals surface area contributed by atoms with Crippen LogP contribution in [0, 0.1) is 5.82 Å². The maximum absolute atomic E-state index is 12.8. The molecule has 7 nitrogen and oxygen atoms in total. The van der Waals surface area contributed by atoms with Crippen molar-refractivity contribution in [2.24, 2.45) is 0 Å². The van der Waals surface area contributed by atoms with E-state index < -0.39 is 5.97 Å². The highest BCUT2D eigenvalue weighted by molar-refractivity contribution is 5.96. The van der Waals surface area contributed by atoms with E-state index in [2.05, 4.69) is 5.32 Å². The van der Waals surface area contributed by atoms with Gasteiger partial charge in [0, 0.05) is 6.42 Å². The Hall–Kier alpha value is -3.29. The summed E-state index contributed by atoms with van der Waals surface area (Å²) < 4.78 is 28.6. The zero-order chi connectivity index (χ0) is 19.8. The standard InChI is InChI=1S/C19H20FNO6/c1-25-16-11-12(19(23)24)10-15(18(16)26-2)21-17(22)4-3-9-27-14-7-5-13(20)6-8-14/h5-8,10-11H,3-4,9H2,1-2H3,(H,21,22)(H,23,24). The first-order valence-corrected chi connectivity index (χ1v) is 8.12. The molecule has 0 aromatic heterocycles. The van der Waals surface area contributed by atoms with Crippen molar-refractivity contribution in [2.45, 2.75) is 12.8 Å². The quantitative estimate of drug-likeness (QED) is 0.651. The first-order valence-electron chi connectivity index (χ1n) is 8.12. The Labute approximate surface area is 155 Å². The molecule has 0 saturated heterocycles. The summed E-state index contributed by atoms with van der Waals surface area (Å²) in [5.41, 5.74) is 0.168. The number of anilines is 1. The first-order chi connectivity index (χ1) is 12.9. The minimum Gasteiger partial charge on any atom is -0.494 e. The predicted molar refractivity (Wildman–Crippen MR) is 96.3 cm³/mol. The van der Waals surface area contributed by atoms with Crippen LogP contribution in [-0.4, -0.2) is 37.8 Å². The number of amides is 1. The lowest BCUT2D eigenvalue weighted by molar-refractivity contribution is -0.116. The molecule has 2 rings (SSSR count). The average Bonchev–Trinajstić information content (AvgIpc) is 2.65. The summed E-state index contributed by atoms with van der Waals surface area (Å²) in [7, 11) is 2.77. The molecule has 144 valence electrons. The smallest absolute Gasteiger partial charge is 0.335 e. The van der Waals surface area contributed by atoms with Crippen molar-refractivity contribution in [1.82, 2.24) is 0 Å². The van der Waals surface area contributed by atoms with Crippen LogP contribution >= 0.6 is 0 Å². The number of hydrogen-bond donors (Lipinski definition) is 2. The Morgan fingerprint density at radius 2 is 1.81 bits per heavy atom. The van der Waals surface area contributed by atoms with Crippen LogP contribution in [0.5, 0.6) is 17.2 Å². The number of methoxy groups -OCH3 is 2. The molecule has 1 amide bonds. The fourth-order valence-corrected chi connectivity index (χ4v) is 2.35. The van der Waals surface area contributed by atoms with E-state index in [1.54, 1.807) is 0 Å². The predicted octanol–water partition coefficient (Wildman–Crippen LogP) is 3.34. The molecule has 0 radical (unpaired) electrons. The molecule has 0 unspecified atom stereocenters. The van der Waals surface area contributed by atoms with Crippen LogP contribution in [0.1, 0.15) is 23.2 Å². The van der Waals surface area contributed by atoms with Crippen LogP contribution < -0.4 is 19.5 Å². The number of ether oxygens (including phenoxy) is 3. The van der Waals surface area contributed by atoms with Gasteiger partial charge in [-0.3, -0.25) is 4.79 Å². The largest absolute Gasteiger partial charge is 0.494 e. The number of carboxylic acid groups (broad SMARTS) is 1. The second-order valence-electron chi connectivity index (χ2n) is 5.52. The van der Waals surface area contributed by atoms with E-state index in [0.717, 1.165) is 0 Å². The van der Waals surface area contributed by atoms with E-state index in [9.17, 15) is 19.1 Å². The van der Waals surface area contributed by atoms with E-state index in [0.29, 0.717) is 12.2 Å². The Bertz CT molecular complexity index is 807. The molecule has 2 aromatic rings. The molecule has 0 atom stereocenters. The molecule has 0 spiro atoms. The minimum absolute atomic E-state index is 0.0393. The normalized spacial score (nSPS) is 10.2. The number of nitrogens with one attached hydrogen (secondary N) is 1. The second kappa shape index (κ2) is 9.42. The Morgan fingerprint density at radius 1 is 1.11 bits per heavy atom. The molecular formula is C19H20FNO6. The van der Waals surface area contributed by atoms with Crippen LogP contribution in [0.25, 0.3) is 0 Å². The molecule has 0 bridgehead atoms. The Morgan fingerprint density at radius 3 is 2.41 bits per heavy atom. The monoisotopic (exact) mass is 377 g/mol. The van der Waals surface area contributed by atoms with Gasteiger partial charge in [0.2, 0.25) is 5.91 Å². The number of carbonyl (C=O) groups is 2. The van der Waals surface area contributed by atoms with E-state index in [1.807, 2.05) is 0 Å². The fourth-order valence-electron chi connectivity index (χ4n) is 2.35. The molecule has 0 aliphatic carbocycles. The van der Waals surface area contributed by atoms with Gasteiger partial charge < -0.3 is 24.6 Å². The van der Waals surface area contributed by atoms with Gasteiger partial charge in [0.1, 0.15) is 11.6 Å². The zero-order valence-corrected chi connectivity index (χ0v) is 15.0. The lowest BCUT2D eigenvalue weighted by atomic mass is 10.1. The molecule has 0 saturated carbocycles. The van der Waals surface area contributed by atoms with Gasteiger partial charge in [-0.1, -0.05) is 0 Å². The molecule has 2 aromatic carbocycles. The first kappa shape index (κ1) is 20.0. The minimum atomic E-state index is -1.15. The summed E-state index contributed by atoms with van der Waals surface area (Å²) >= 11 is 0. The summed E-state index contributed by atoms with van der Waals surface area (Å²) in [5.74, 6) is -0.891. The van der Waals surface area contributed by atoms with E-state index in [-0.39, 0.29) is 47.5 Å². The van der Waals surface area contributed by atoms with Crippen molar-refractivity contribution in [3.8, 4) is 17.2 Å². The van der Waals surface area contributed by atoms with E-state index in [1.165, 1.54) is 50.6 Å². The fraction of sp³-hybridized carbons (Fsp3) is 0.263. The highest BCUT2D eigenvalue weighted by Gasteiger charge is 2.17. The molecule has 27 heavy (non-hydrogen) atoms. The van der Waals surface area contributed by atoms with Gasteiger partial charge in [-0.15, -0.1) is 0 Å². The maximum atomic E-state index is 12.8. The van der Waals surface area contributed by atoms with Crippen LogP contribution in [0.15, 0.2) is 36.4 Å². The van der Waals surface area contributed by atoms with Gasteiger partial charge in [-0.25, -0.2) is 9.18 Å². The Kier molecular flexibility index (Phi) is 6.99. The van der Waals surface area contributed by atoms with Gasteiger partial charge in [-0.05, 0) is 42.8 Å². The third kappa shape index (κ3) is 5.60. The summed E-state index contributed by atoms with van der Waals surface area (Å²) in [6.45, 7) is 0.272. The molecule has 8 heteroatoms. The summed E-state index contributed by atoms with van der Waals surface area (Å²) in [5, 5.41) is 11.8. The van der Waals surface area contributed by atoms with E-state index >= 15 is 0 Å². The van der Waals surface area contributed by atoms with Crippen molar-refractivity contribution in [3.05, 3.63) is 47.8 Å². The molecular weight excluding hydrogens is 357 g/mol. The van der Waals surface area contributed by atoms with Gasteiger partial charge >= 0.3 is 5.97 Å². The van der Waals surface area contributed by atoms with Crippen molar-refractivity contribution >= 4 is 17.6 Å². The zero-order valence-electron chi connectivity index (χ0n) is 15.0. The van der Waals surface area contributed by atoms with E-state index in [4.69, 9.17) is 14.2 Å². The number of hydrogen-bond acceptors (Lipinski definition) is 5. The lowest BCUT2D eigenvalue weighted by Crippen LogP contribution is -2.14. The number of rotatable bonds is 9. The highest BCUT2D eigenvalue weighted by Crippen LogP contribution is 2.36. The van der Waals surface area contributed by atoms with Crippen molar-refractivity contribution < 1.29 is 33.3 Å². The summed E-state index contributed by atoms with van der Waals surface area (Å²) in [6.07, 6.45) is 0.561. The Balaban J connectivity index is 1.95. The number of aromatic carboxylic acids is 1. The van der Waals surface area contributed by atoms with Crippen molar-refractivity contribution in [1.29, 1.82) is 0 Å². The highest BCUT2D eigenvalue weighted by atomic mass is 19.1. The average molecular weight is 377 g/mol. The van der Waals surface area contributed by atoms with Gasteiger partial charge in [-0.2, -0.15) is 0 Å². The summed E-state index contributed by atoms with van der Waals surface area (Å²) in [6, 6.07) is 8.20. The van der Waals surface area contributed by atoms with Crippen LogP contribution in [0.3, 0.4) is 0 Å². The third-order valence-corrected chi connectivity index (χ3v) is 3.63. The topological polar surface area (TPSA) is 94.1 Å². The van der Waals surface area contributed by atoms with Gasteiger partial charge in [0.15, 0.2) is 11.5 Å². The van der Waals surface area contributed by atoms with Crippen molar-refractivity contribution in [2.75, 3.05) is 26.1 Å². The third-order valence-electron chi connectivity index (χ3n) is 3.63. The number of carboxylic acids is 1. The molecule has 0 aliphatic rings. The van der Waals surface area contributed by atoms with Crippen LogP contribution in [0.2, 0.25) is 0 Å². The van der Waals surface area contributed by atoms with Crippen LogP contribution in [0.4, 0.5) is 10.1 Å². The second-order valence-corrected chi connectivity index (χ2v) is 5.52. The molecule has 0 fully saturated rings. The van der Waals surface area contributed by atoms with Gasteiger partial charge in [0.05, 0.1) is 32.1 Å². The summed E-state index contributed by atoms with van der Waals surface area (Å²) in [4.78, 5) is 23.4. The molecule has 2 N–H and O–H groups in total. The number of benzene rings is 2. The van der Waals surface area contributed by atoms with Crippen molar-refractivity contribution in [3.63, 3.8) is 0 Å². The molecule has 0 aliphatic heterocycles. The SMILES string of the molecule is COc1cc(C(=O)O)cc(NC(=O)CCCOc2ccc(F)cc2)c1OC. The number of carbonyl (C=O) groups excluding carboxylic acids is 1. The maximum Gasteiger partial charge on any atom is 0.335 e. The lowest BCUT2D eigenvalue weighted by Gasteiger charge is -2.15. The number of halogens is 1. The van der Waals surface area contributed by atoms with Crippen LogP contribution in [-0.2, 0) is 4.79 Å². The van der Waals surface area contributed by atoms with Gasteiger partial charge in [0.25, 0.3) is 0 Å².